The van der Waals surface area contributed by atoms with Crippen LogP contribution < -0.4 is 16.0 Å². The molecule has 3 aromatic carbocycles. The third-order valence-electron chi connectivity index (χ3n) is 4.90. The maximum Gasteiger partial charge on any atom is 0.233 e. The number of rotatable bonds is 7. The summed E-state index contributed by atoms with van der Waals surface area (Å²) in [5, 5.41) is 9.91. The quantitative estimate of drug-likeness (QED) is 0.333. The van der Waals surface area contributed by atoms with Crippen molar-refractivity contribution in [3.8, 4) is 0 Å². The molecule has 156 valence electrons. The summed E-state index contributed by atoms with van der Waals surface area (Å²) in [7, 11) is 0. The van der Waals surface area contributed by atoms with Crippen molar-refractivity contribution in [2.24, 2.45) is 0 Å². The molecule has 0 aliphatic carbocycles. The molecule has 0 aliphatic rings. The van der Waals surface area contributed by atoms with E-state index in [2.05, 4.69) is 57.7 Å². The van der Waals surface area contributed by atoms with Gasteiger partial charge < -0.3 is 16.0 Å². The number of hydrogen-bond donors (Lipinski definition) is 3. The van der Waals surface area contributed by atoms with Gasteiger partial charge in [-0.15, -0.1) is 0 Å². The molecule has 0 saturated carbocycles. The predicted octanol–water partition coefficient (Wildman–Crippen LogP) is 6.28. The van der Waals surface area contributed by atoms with Crippen LogP contribution in [0.5, 0.6) is 0 Å². The zero-order chi connectivity index (χ0) is 21.6. The fraction of sp³-hybridized carbons (Fsp3) is 0.160. The summed E-state index contributed by atoms with van der Waals surface area (Å²) in [6.45, 7) is 6.25. The number of nitrogens with one attached hydrogen (secondary N) is 3. The largest absolute Gasteiger partial charge is 0.324 e. The second kappa shape index (κ2) is 9.26. The Kier molecular flexibility index (Phi) is 6.08. The van der Waals surface area contributed by atoms with Crippen molar-refractivity contribution >= 4 is 34.9 Å². The van der Waals surface area contributed by atoms with Crippen LogP contribution in [0.4, 0.5) is 34.9 Å². The van der Waals surface area contributed by atoms with Crippen molar-refractivity contribution in [3.63, 3.8) is 0 Å². The summed E-state index contributed by atoms with van der Waals surface area (Å²) < 4.78 is 0. The number of aryl methyl sites for hydroxylation is 3. The van der Waals surface area contributed by atoms with Crippen molar-refractivity contribution < 1.29 is 0 Å². The molecule has 0 unspecified atom stereocenters. The monoisotopic (exact) mass is 410 g/mol. The molecule has 6 nitrogen and oxygen atoms in total. The minimum Gasteiger partial charge on any atom is -0.324 e. The smallest absolute Gasteiger partial charge is 0.233 e. The Labute approximate surface area is 182 Å². The van der Waals surface area contributed by atoms with Gasteiger partial charge >= 0.3 is 0 Å². The molecule has 1 aromatic heterocycles. The fourth-order valence-corrected chi connectivity index (χ4v) is 3.15. The van der Waals surface area contributed by atoms with E-state index in [1.165, 1.54) is 16.7 Å². The first-order chi connectivity index (χ1) is 15.1. The van der Waals surface area contributed by atoms with Crippen LogP contribution in [0.25, 0.3) is 0 Å². The molecule has 0 saturated heterocycles. The highest BCUT2D eigenvalue weighted by atomic mass is 15.3. The molecule has 31 heavy (non-hydrogen) atoms. The summed E-state index contributed by atoms with van der Waals surface area (Å²) in [5.41, 5.74) is 6.40. The molecular weight excluding hydrogens is 384 g/mol. The molecule has 0 fully saturated rings. The van der Waals surface area contributed by atoms with E-state index in [4.69, 9.17) is 0 Å². The van der Waals surface area contributed by atoms with E-state index >= 15 is 0 Å². The van der Waals surface area contributed by atoms with Crippen molar-refractivity contribution in [3.05, 3.63) is 89.5 Å². The van der Waals surface area contributed by atoms with Crippen LogP contribution in [0.3, 0.4) is 0 Å². The highest BCUT2D eigenvalue weighted by Gasteiger charge is 2.10. The Balaban J connectivity index is 1.66. The van der Waals surface area contributed by atoms with Crippen molar-refractivity contribution in [1.82, 2.24) is 15.0 Å². The number of nitrogens with zero attached hydrogens (tertiary/aromatic N) is 3. The average Bonchev–Trinajstić information content (AvgIpc) is 2.77. The van der Waals surface area contributed by atoms with Gasteiger partial charge in [0.25, 0.3) is 0 Å². The molecule has 0 radical (unpaired) electrons. The van der Waals surface area contributed by atoms with Crippen LogP contribution >= 0.6 is 0 Å². The summed E-state index contributed by atoms with van der Waals surface area (Å²) in [6.07, 6.45) is 0.914. The molecular formula is C25H26N6. The lowest BCUT2D eigenvalue weighted by atomic mass is 10.1. The lowest BCUT2D eigenvalue weighted by Crippen LogP contribution is -2.08. The summed E-state index contributed by atoms with van der Waals surface area (Å²) in [4.78, 5) is 13.8. The minimum atomic E-state index is 0.463. The first kappa shape index (κ1) is 20.3. The Morgan fingerprint density at radius 1 is 0.581 bits per heavy atom. The van der Waals surface area contributed by atoms with Gasteiger partial charge in [-0.2, -0.15) is 15.0 Å². The van der Waals surface area contributed by atoms with Crippen LogP contribution in [0, 0.1) is 13.8 Å². The molecule has 3 N–H and O–H groups in total. The molecule has 0 bridgehead atoms. The van der Waals surface area contributed by atoms with Gasteiger partial charge in [0.05, 0.1) is 0 Å². The highest BCUT2D eigenvalue weighted by molar-refractivity contribution is 5.63. The fourth-order valence-electron chi connectivity index (χ4n) is 3.15. The average molecular weight is 411 g/mol. The molecule has 0 aliphatic heterocycles. The van der Waals surface area contributed by atoms with Gasteiger partial charge in [-0.3, -0.25) is 0 Å². The molecule has 4 rings (SSSR count). The number of benzene rings is 3. The van der Waals surface area contributed by atoms with Crippen LogP contribution in [0.1, 0.15) is 23.6 Å². The maximum atomic E-state index is 4.59. The molecule has 1 heterocycles. The SMILES string of the molecule is CCc1ccccc1Nc1nc(Nc2ccc(C)cc2)nc(Nc2ccc(C)cc2)n1. The van der Waals surface area contributed by atoms with Crippen LogP contribution in [-0.2, 0) is 6.42 Å². The first-order valence-electron chi connectivity index (χ1n) is 10.4. The van der Waals surface area contributed by atoms with Crippen LogP contribution in [-0.4, -0.2) is 15.0 Å². The zero-order valence-electron chi connectivity index (χ0n) is 18.0. The second-order valence-corrected chi connectivity index (χ2v) is 7.42. The lowest BCUT2D eigenvalue weighted by molar-refractivity contribution is 1.06. The molecule has 6 heteroatoms. The summed E-state index contributed by atoms with van der Waals surface area (Å²) >= 11 is 0. The predicted molar refractivity (Wildman–Crippen MR) is 128 cm³/mol. The zero-order valence-corrected chi connectivity index (χ0v) is 18.0. The number of aromatic nitrogens is 3. The molecule has 4 aromatic rings. The van der Waals surface area contributed by atoms with E-state index in [1.54, 1.807) is 0 Å². The Hall–Kier alpha value is -3.93. The van der Waals surface area contributed by atoms with Crippen molar-refractivity contribution in [1.29, 1.82) is 0 Å². The van der Waals surface area contributed by atoms with E-state index in [0.717, 1.165) is 23.5 Å². The van der Waals surface area contributed by atoms with Crippen LogP contribution in [0.2, 0.25) is 0 Å². The number of para-hydroxylation sites is 1. The van der Waals surface area contributed by atoms with Gasteiger partial charge in [-0.1, -0.05) is 60.5 Å². The van der Waals surface area contributed by atoms with E-state index in [9.17, 15) is 0 Å². The van der Waals surface area contributed by atoms with Gasteiger partial charge in [0, 0.05) is 17.1 Å². The van der Waals surface area contributed by atoms with E-state index in [1.807, 2.05) is 66.7 Å². The Morgan fingerprint density at radius 3 is 1.52 bits per heavy atom. The number of anilines is 6. The van der Waals surface area contributed by atoms with Gasteiger partial charge in [0.1, 0.15) is 0 Å². The molecule has 0 atom stereocenters. The highest BCUT2D eigenvalue weighted by Crippen LogP contribution is 2.23. The number of hydrogen-bond acceptors (Lipinski definition) is 6. The van der Waals surface area contributed by atoms with Gasteiger partial charge in [0.15, 0.2) is 0 Å². The van der Waals surface area contributed by atoms with Crippen LogP contribution in [0.15, 0.2) is 72.8 Å². The van der Waals surface area contributed by atoms with Gasteiger partial charge in [-0.05, 0) is 56.2 Å². The van der Waals surface area contributed by atoms with Crippen molar-refractivity contribution in [2.75, 3.05) is 16.0 Å². The first-order valence-corrected chi connectivity index (χ1v) is 10.4. The van der Waals surface area contributed by atoms with E-state index < -0.39 is 0 Å². The molecule has 0 spiro atoms. The maximum absolute atomic E-state index is 4.59. The topological polar surface area (TPSA) is 74.8 Å². The lowest BCUT2D eigenvalue weighted by Gasteiger charge is -2.13. The molecule has 0 amide bonds. The van der Waals surface area contributed by atoms with E-state index in [-0.39, 0.29) is 0 Å². The second-order valence-electron chi connectivity index (χ2n) is 7.42. The van der Waals surface area contributed by atoms with Gasteiger partial charge in [0.2, 0.25) is 17.8 Å². The Morgan fingerprint density at radius 2 is 1.03 bits per heavy atom. The summed E-state index contributed by atoms with van der Waals surface area (Å²) in [5.74, 6) is 1.40. The van der Waals surface area contributed by atoms with Crippen molar-refractivity contribution in [2.45, 2.75) is 27.2 Å². The third-order valence-corrected chi connectivity index (χ3v) is 4.90. The standard InChI is InChI=1S/C25H26N6/c1-4-19-7-5-6-8-22(19)28-25-30-23(26-20-13-9-17(2)10-14-20)29-24(31-25)27-21-15-11-18(3)12-16-21/h5-16H,4H2,1-3H3,(H3,26,27,28,29,30,31). The van der Waals surface area contributed by atoms with Gasteiger partial charge in [-0.25, -0.2) is 0 Å². The summed E-state index contributed by atoms with van der Waals surface area (Å²) in [6, 6.07) is 24.4. The van der Waals surface area contributed by atoms with E-state index in [0.29, 0.717) is 17.8 Å². The Bertz CT molecular complexity index is 1090. The minimum absolute atomic E-state index is 0.463. The normalized spacial score (nSPS) is 10.5. The third kappa shape index (κ3) is 5.36.